The topological polar surface area (TPSA) is 24.4 Å². The molecule has 0 saturated heterocycles. The zero-order valence-electron chi connectivity index (χ0n) is 11.0. The van der Waals surface area contributed by atoms with E-state index in [2.05, 4.69) is 5.32 Å². The van der Waals surface area contributed by atoms with Crippen LogP contribution in [0.4, 0.5) is 5.69 Å². The number of hydrogen-bond donors (Lipinski definition) is 1. The van der Waals surface area contributed by atoms with Gasteiger partial charge in [0.05, 0.1) is 0 Å². The van der Waals surface area contributed by atoms with E-state index in [0.29, 0.717) is 5.41 Å². The lowest BCUT2D eigenvalue weighted by atomic mass is 9.75. The van der Waals surface area contributed by atoms with Crippen LogP contribution in [-0.4, -0.2) is 17.5 Å². The summed E-state index contributed by atoms with van der Waals surface area (Å²) in [5.41, 5.74) is 1.56. The second kappa shape index (κ2) is 5.76. The van der Waals surface area contributed by atoms with Crippen LogP contribution >= 0.6 is 23.4 Å². The van der Waals surface area contributed by atoms with E-state index < -0.39 is 0 Å². The first kappa shape index (κ1) is 13.3. The van der Waals surface area contributed by atoms with E-state index in [1.165, 1.54) is 37.9 Å². The van der Waals surface area contributed by atoms with Gasteiger partial charge in [-0.2, -0.15) is 0 Å². The molecule has 1 aliphatic carbocycles. The molecule has 0 unspecified atom stereocenters. The normalized spacial score (nSPS) is 22.1. The number of benzene rings is 1. The van der Waals surface area contributed by atoms with Gasteiger partial charge >= 0.3 is 0 Å². The Labute approximate surface area is 124 Å². The van der Waals surface area contributed by atoms with Crippen molar-refractivity contribution < 1.29 is 0 Å². The molecule has 0 aromatic heterocycles. The Bertz CT molecular complexity index is 464. The number of thioether (sulfide) groups is 1. The van der Waals surface area contributed by atoms with Crippen molar-refractivity contribution in [1.29, 1.82) is 0 Å². The Morgan fingerprint density at radius 3 is 2.47 bits per heavy atom. The van der Waals surface area contributed by atoms with Gasteiger partial charge < -0.3 is 5.32 Å². The Morgan fingerprint density at radius 2 is 1.84 bits per heavy atom. The number of amidine groups is 1. The zero-order chi connectivity index (χ0) is 13.1. The quantitative estimate of drug-likeness (QED) is 0.804. The monoisotopic (exact) mass is 294 g/mol. The fourth-order valence-corrected chi connectivity index (χ4v) is 4.18. The molecular formula is C15H19ClN2S. The lowest BCUT2D eigenvalue weighted by Crippen LogP contribution is -2.35. The lowest BCUT2D eigenvalue weighted by molar-refractivity contribution is 0.232. The van der Waals surface area contributed by atoms with Crippen molar-refractivity contribution in [1.82, 2.24) is 0 Å². The minimum absolute atomic E-state index is 0.494. The van der Waals surface area contributed by atoms with Gasteiger partial charge in [0.2, 0.25) is 0 Å². The van der Waals surface area contributed by atoms with Crippen molar-refractivity contribution in [2.45, 2.75) is 32.1 Å². The maximum atomic E-state index is 5.89. The predicted octanol–water partition coefficient (Wildman–Crippen LogP) is 4.81. The minimum atomic E-state index is 0.494. The molecule has 0 atom stereocenters. The molecule has 2 aliphatic rings. The van der Waals surface area contributed by atoms with Gasteiger partial charge in [-0.05, 0) is 42.5 Å². The molecule has 2 nitrogen and oxygen atoms in total. The van der Waals surface area contributed by atoms with Crippen LogP contribution in [-0.2, 0) is 0 Å². The molecule has 0 radical (unpaired) electrons. The van der Waals surface area contributed by atoms with E-state index in [4.69, 9.17) is 16.6 Å². The van der Waals surface area contributed by atoms with Crippen LogP contribution < -0.4 is 5.32 Å². The molecule has 1 N–H and O–H groups in total. The highest BCUT2D eigenvalue weighted by Crippen LogP contribution is 2.41. The fourth-order valence-electron chi connectivity index (χ4n) is 2.89. The van der Waals surface area contributed by atoms with Gasteiger partial charge in [-0.25, -0.2) is 0 Å². The molecule has 102 valence electrons. The molecule has 3 rings (SSSR count). The third-order valence-corrected chi connectivity index (χ3v) is 5.60. The van der Waals surface area contributed by atoms with Crippen molar-refractivity contribution in [2.75, 3.05) is 17.6 Å². The van der Waals surface area contributed by atoms with Crippen molar-refractivity contribution >= 4 is 34.2 Å². The van der Waals surface area contributed by atoms with Crippen LogP contribution in [0.25, 0.3) is 0 Å². The third-order valence-electron chi connectivity index (χ3n) is 4.08. The summed E-state index contributed by atoms with van der Waals surface area (Å²) in [5, 5.41) is 5.21. The maximum absolute atomic E-state index is 5.89. The zero-order valence-corrected chi connectivity index (χ0v) is 12.6. The largest absolute Gasteiger partial charge is 0.335 e. The Morgan fingerprint density at radius 1 is 1.11 bits per heavy atom. The molecule has 0 bridgehead atoms. The second-order valence-corrected chi connectivity index (χ2v) is 7.00. The fraction of sp³-hybridized carbons (Fsp3) is 0.533. The first-order valence-electron chi connectivity index (χ1n) is 6.96. The Balaban J connectivity index is 1.63. The maximum Gasteiger partial charge on any atom is 0.161 e. The van der Waals surface area contributed by atoms with Crippen LogP contribution in [0, 0.1) is 5.41 Å². The smallest absolute Gasteiger partial charge is 0.161 e. The molecule has 1 spiro atoms. The van der Waals surface area contributed by atoms with Gasteiger partial charge in [-0.3, -0.25) is 4.99 Å². The summed E-state index contributed by atoms with van der Waals surface area (Å²) >= 11 is 7.76. The lowest BCUT2D eigenvalue weighted by Gasteiger charge is -2.38. The van der Waals surface area contributed by atoms with E-state index in [-0.39, 0.29) is 0 Å². The number of halogens is 1. The molecule has 0 amide bonds. The van der Waals surface area contributed by atoms with Gasteiger partial charge in [0.25, 0.3) is 0 Å². The van der Waals surface area contributed by atoms with Crippen LogP contribution in [0.3, 0.4) is 0 Å². The summed E-state index contributed by atoms with van der Waals surface area (Å²) in [7, 11) is 0. The number of nitrogens with one attached hydrogen (secondary N) is 1. The number of nitrogens with zero attached hydrogens (tertiary/aromatic N) is 1. The molecule has 4 heteroatoms. The van der Waals surface area contributed by atoms with Crippen LogP contribution in [0.1, 0.15) is 32.1 Å². The first-order chi connectivity index (χ1) is 9.26. The summed E-state index contributed by atoms with van der Waals surface area (Å²) in [6.45, 7) is 0.996. The number of rotatable bonds is 1. The Hall–Kier alpha value is -0.670. The highest BCUT2D eigenvalue weighted by Gasteiger charge is 2.34. The van der Waals surface area contributed by atoms with E-state index in [1.54, 1.807) is 0 Å². The molecule has 1 saturated carbocycles. The Kier molecular flexibility index (Phi) is 4.04. The summed E-state index contributed by atoms with van der Waals surface area (Å²) < 4.78 is 0. The van der Waals surface area contributed by atoms with Gasteiger partial charge in [0, 0.05) is 23.0 Å². The van der Waals surface area contributed by atoms with E-state index in [9.17, 15) is 0 Å². The molecule has 1 heterocycles. The van der Waals surface area contributed by atoms with Gasteiger partial charge in [-0.1, -0.05) is 42.6 Å². The van der Waals surface area contributed by atoms with Crippen molar-refractivity contribution in [2.24, 2.45) is 10.4 Å². The van der Waals surface area contributed by atoms with Gasteiger partial charge in [0.15, 0.2) is 5.17 Å². The van der Waals surface area contributed by atoms with E-state index in [0.717, 1.165) is 22.4 Å². The summed E-state index contributed by atoms with van der Waals surface area (Å²) in [4.78, 5) is 4.76. The number of aliphatic imine (C=N–C) groups is 1. The number of anilines is 1. The third kappa shape index (κ3) is 3.26. The summed E-state index contributed by atoms with van der Waals surface area (Å²) in [5.74, 6) is 1.21. The second-order valence-electron chi connectivity index (χ2n) is 5.60. The summed E-state index contributed by atoms with van der Waals surface area (Å²) in [6, 6.07) is 7.80. The van der Waals surface area contributed by atoms with Crippen molar-refractivity contribution in [3.63, 3.8) is 0 Å². The highest BCUT2D eigenvalue weighted by atomic mass is 35.5. The molecule has 1 aliphatic heterocycles. The standard InChI is InChI=1S/C15H19ClN2S/c16-12-4-6-13(7-5-12)18-14-17-10-15(11-19-14)8-2-1-3-9-15/h4-7H,1-3,8-11H2,(H,17,18). The minimum Gasteiger partial charge on any atom is -0.335 e. The molecule has 1 aromatic carbocycles. The van der Waals surface area contributed by atoms with Crippen LogP contribution in [0.2, 0.25) is 5.02 Å². The summed E-state index contributed by atoms with van der Waals surface area (Å²) in [6.07, 6.45) is 6.90. The molecule has 19 heavy (non-hydrogen) atoms. The van der Waals surface area contributed by atoms with Crippen molar-refractivity contribution in [3.05, 3.63) is 29.3 Å². The molecule has 1 fully saturated rings. The SMILES string of the molecule is Clc1ccc(NC2=NCC3(CCCCC3)CS2)cc1. The van der Waals surface area contributed by atoms with E-state index in [1.807, 2.05) is 36.0 Å². The predicted molar refractivity (Wildman–Crippen MR) is 85.4 cm³/mol. The molecular weight excluding hydrogens is 276 g/mol. The highest BCUT2D eigenvalue weighted by molar-refractivity contribution is 8.14. The first-order valence-corrected chi connectivity index (χ1v) is 8.32. The molecule has 1 aromatic rings. The average Bonchev–Trinajstić information content (AvgIpc) is 2.45. The van der Waals surface area contributed by atoms with E-state index >= 15 is 0 Å². The van der Waals surface area contributed by atoms with Gasteiger partial charge in [-0.15, -0.1) is 0 Å². The number of hydrogen-bond acceptors (Lipinski definition) is 3. The van der Waals surface area contributed by atoms with Crippen molar-refractivity contribution in [3.8, 4) is 0 Å². The van der Waals surface area contributed by atoms with Gasteiger partial charge in [0.1, 0.15) is 0 Å². The van der Waals surface area contributed by atoms with Crippen LogP contribution in [0.15, 0.2) is 29.3 Å². The average molecular weight is 295 g/mol. The van der Waals surface area contributed by atoms with Crippen LogP contribution in [0.5, 0.6) is 0 Å².